The Balaban J connectivity index is 2.64. The van der Waals surface area contributed by atoms with Crippen LogP contribution in [0.2, 0.25) is 0 Å². The molecule has 7 heteroatoms. The third-order valence-electron chi connectivity index (χ3n) is 2.10. The minimum atomic E-state index is -0.264. The molecule has 1 N–H and O–H groups in total. The lowest BCUT2D eigenvalue weighted by Gasteiger charge is -2.17. The molecule has 0 atom stereocenters. The monoisotopic (exact) mass is 303 g/mol. The summed E-state index contributed by atoms with van der Waals surface area (Å²) in [6.45, 7) is 2.57. The standard InChI is InChI=1S/C10H14BrN3O3/c1-3-17-7(15)4-5-14(2)9-8(11)10(16)13-6-12-9/h6H,3-5H2,1-2H3,(H,12,13,16). The molecule has 0 aliphatic carbocycles. The molecule has 1 rings (SSSR count). The van der Waals surface area contributed by atoms with E-state index in [1.165, 1.54) is 6.33 Å². The zero-order valence-electron chi connectivity index (χ0n) is 9.70. The minimum Gasteiger partial charge on any atom is -0.466 e. The molecule has 0 aliphatic heterocycles. The maximum Gasteiger partial charge on any atom is 0.307 e. The molecule has 0 saturated heterocycles. The van der Waals surface area contributed by atoms with Crippen molar-refractivity contribution in [2.45, 2.75) is 13.3 Å². The largest absolute Gasteiger partial charge is 0.466 e. The summed E-state index contributed by atoms with van der Waals surface area (Å²) in [5.74, 6) is 0.235. The SMILES string of the molecule is CCOC(=O)CCN(C)c1nc[nH]c(=O)c1Br. The van der Waals surface area contributed by atoms with Gasteiger partial charge in [-0.15, -0.1) is 0 Å². The van der Waals surface area contributed by atoms with Crippen LogP contribution in [0.1, 0.15) is 13.3 Å². The second-order valence-electron chi connectivity index (χ2n) is 3.35. The molecular formula is C10H14BrN3O3. The van der Waals surface area contributed by atoms with Gasteiger partial charge in [-0.3, -0.25) is 9.59 Å². The summed E-state index contributed by atoms with van der Waals surface area (Å²) >= 11 is 3.15. The van der Waals surface area contributed by atoms with Crippen LogP contribution < -0.4 is 10.5 Å². The first-order chi connectivity index (χ1) is 8.06. The highest BCUT2D eigenvalue weighted by Gasteiger charge is 2.11. The Hall–Kier alpha value is -1.37. The summed E-state index contributed by atoms with van der Waals surface area (Å²) in [6, 6.07) is 0. The number of hydrogen-bond donors (Lipinski definition) is 1. The third kappa shape index (κ3) is 3.85. The van der Waals surface area contributed by atoms with Crippen LogP contribution >= 0.6 is 15.9 Å². The molecule has 1 heterocycles. The summed E-state index contributed by atoms with van der Waals surface area (Å²) in [7, 11) is 1.76. The second kappa shape index (κ2) is 6.39. The number of H-pyrrole nitrogens is 1. The molecule has 0 fully saturated rings. The van der Waals surface area contributed by atoms with E-state index in [4.69, 9.17) is 4.74 Å². The highest BCUT2D eigenvalue weighted by molar-refractivity contribution is 9.10. The van der Waals surface area contributed by atoms with Crippen molar-refractivity contribution < 1.29 is 9.53 Å². The number of hydrogen-bond acceptors (Lipinski definition) is 5. The van der Waals surface area contributed by atoms with Crippen molar-refractivity contribution in [3.05, 3.63) is 21.2 Å². The molecule has 0 saturated carbocycles. The molecule has 1 aromatic heterocycles. The average Bonchev–Trinajstić information content (AvgIpc) is 2.30. The first kappa shape index (κ1) is 13.7. The Bertz CT molecular complexity index is 447. The Labute approximate surface area is 107 Å². The molecule has 0 spiro atoms. The highest BCUT2D eigenvalue weighted by atomic mass is 79.9. The summed E-state index contributed by atoms with van der Waals surface area (Å²) in [5.41, 5.74) is -0.252. The van der Waals surface area contributed by atoms with Crippen LogP contribution in [0.3, 0.4) is 0 Å². The fourth-order valence-corrected chi connectivity index (χ4v) is 1.76. The van der Waals surface area contributed by atoms with Gasteiger partial charge in [0.1, 0.15) is 10.3 Å². The van der Waals surface area contributed by atoms with Gasteiger partial charge in [-0.25, -0.2) is 4.98 Å². The van der Waals surface area contributed by atoms with Gasteiger partial charge in [0.05, 0.1) is 19.4 Å². The van der Waals surface area contributed by atoms with Gasteiger partial charge in [0.25, 0.3) is 5.56 Å². The summed E-state index contributed by atoms with van der Waals surface area (Å²) in [6.07, 6.45) is 1.58. The molecular weight excluding hydrogens is 290 g/mol. The van der Waals surface area contributed by atoms with Gasteiger partial charge in [-0.1, -0.05) is 0 Å². The van der Waals surface area contributed by atoms with E-state index in [-0.39, 0.29) is 17.9 Å². The summed E-state index contributed by atoms with van der Waals surface area (Å²) in [4.78, 5) is 30.7. The van der Waals surface area contributed by atoms with Gasteiger partial charge in [-0.05, 0) is 22.9 Å². The van der Waals surface area contributed by atoms with Crippen LogP contribution in [0.4, 0.5) is 5.82 Å². The number of rotatable bonds is 5. The molecule has 1 aromatic rings. The van der Waals surface area contributed by atoms with Crippen molar-refractivity contribution in [1.82, 2.24) is 9.97 Å². The summed E-state index contributed by atoms with van der Waals surface area (Å²) in [5, 5.41) is 0. The molecule has 0 bridgehead atoms. The summed E-state index contributed by atoms with van der Waals surface area (Å²) < 4.78 is 5.17. The van der Waals surface area contributed by atoms with Gasteiger partial charge >= 0.3 is 5.97 Å². The van der Waals surface area contributed by atoms with Crippen LogP contribution in [0.15, 0.2) is 15.6 Å². The topological polar surface area (TPSA) is 75.3 Å². The van der Waals surface area contributed by atoms with E-state index in [1.54, 1.807) is 18.9 Å². The van der Waals surface area contributed by atoms with E-state index >= 15 is 0 Å². The fraction of sp³-hybridized carbons (Fsp3) is 0.500. The van der Waals surface area contributed by atoms with Crippen molar-refractivity contribution in [3.63, 3.8) is 0 Å². The molecule has 6 nitrogen and oxygen atoms in total. The number of nitrogens with zero attached hydrogens (tertiary/aromatic N) is 2. The first-order valence-corrected chi connectivity index (χ1v) is 5.95. The molecule has 0 aromatic carbocycles. The van der Waals surface area contributed by atoms with Gasteiger partial charge in [0.2, 0.25) is 0 Å². The smallest absolute Gasteiger partial charge is 0.307 e. The lowest BCUT2D eigenvalue weighted by atomic mass is 10.4. The Morgan fingerprint density at radius 3 is 3.00 bits per heavy atom. The first-order valence-electron chi connectivity index (χ1n) is 5.16. The van der Waals surface area contributed by atoms with E-state index in [0.29, 0.717) is 23.4 Å². The molecule has 0 aliphatic rings. The van der Waals surface area contributed by atoms with Crippen LogP contribution in [0, 0.1) is 0 Å². The molecule has 94 valence electrons. The predicted octanol–water partition coefficient (Wildman–Crippen LogP) is 0.922. The van der Waals surface area contributed by atoms with Crippen LogP contribution in [0.5, 0.6) is 0 Å². The van der Waals surface area contributed by atoms with Crippen LogP contribution in [0.25, 0.3) is 0 Å². The number of anilines is 1. The highest BCUT2D eigenvalue weighted by Crippen LogP contribution is 2.17. The van der Waals surface area contributed by atoms with E-state index in [0.717, 1.165) is 0 Å². The van der Waals surface area contributed by atoms with Crippen LogP contribution in [-0.2, 0) is 9.53 Å². The lowest BCUT2D eigenvalue weighted by molar-refractivity contribution is -0.142. The fourth-order valence-electron chi connectivity index (χ4n) is 1.24. The van der Waals surface area contributed by atoms with E-state index in [2.05, 4.69) is 25.9 Å². The number of carbonyl (C=O) groups excluding carboxylic acids is 1. The van der Waals surface area contributed by atoms with Crippen molar-refractivity contribution in [2.75, 3.05) is 25.1 Å². The lowest BCUT2D eigenvalue weighted by Crippen LogP contribution is -2.25. The van der Waals surface area contributed by atoms with Crippen molar-refractivity contribution in [2.24, 2.45) is 0 Å². The van der Waals surface area contributed by atoms with Gasteiger partial charge in [-0.2, -0.15) is 0 Å². The van der Waals surface area contributed by atoms with E-state index < -0.39 is 0 Å². The number of esters is 1. The quantitative estimate of drug-likeness (QED) is 0.819. The number of aromatic amines is 1. The average molecular weight is 304 g/mol. The Morgan fingerprint density at radius 1 is 1.65 bits per heavy atom. The number of ether oxygens (including phenoxy) is 1. The predicted molar refractivity (Wildman–Crippen MR) is 67.1 cm³/mol. The zero-order chi connectivity index (χ0) is 12.8. The molecule has 0 radical (unpaired) electrons. The maximum atomic E-state index is 11.3. The van der Waals surface area contributed by atoms with Crippen molar-refractivity contribution in [3.8, 4) is 0 Å². The zero-order valence-corrected chi connectivity index (χ0v) is 11.3. The van der Waals surface area contributed by atoms with Gasteiger partial charge < -0.3 is 14.6 Å². The number of nitrogens with one attached hydrogen (secondary N) is 1. The molecule has 17 heavy (non-hydrogen) atoms. The maximum absolute atomic E-state index is 11.3. The number of carbonyl (C=O) groups is 1. The Kier molecular flexibility index (Phi) is 5.14. The van der Waals surface area contributed by atoms with Crippen molar-refractivity contribution >= 4 is 27.7 Å². The normalized spacial score (nSPS) is 10.1. The van der Waals surface area contributed by atoms with Crippen molar-refractivity contribution in [1.29, 1.82) is 0 Å². The third-order valence-corrected chi connectivity index (χ3v) is 2.81. The number of aromatic nitrogens is 2. The molecule has 0 amide bonds. The minimum absolute atomic E-state index is 0.252. The Morgan fingerprint density at radius 2 is 2.35 bits per heavy atom. The van der Waals surface area contributed by atoms with Gasteiger partial charge in [0, 0.05) is 13.6 Å². The second-order valence-corrected chi connectivity index (χ2v) is 4.14. The van der Waals surface area contributed by atoms with E-state index in [9.17, 15) is 9.59 Å². The van der Waals surface area contributed by atoms with Crippen LogP contribution in [-0.4, -0.2) is 36.1 Å². The van der Waals surface area contributed by atoms with E-state index in [1.807, 2.05) is 0 Å². The number of halogens is 1. The molecule has 0 unspecified atom stereocenters. The van der Waals surface area contributed by atoms with Gasteiger partial charge in [0.15, 0.2) is 0 Å².